The molecule has 0 saturated heterocycles. The summed E-state index contributed by atoms with van der Waals surface area (Å²) in [5, 5.41) is 61.5. The molecule has 2 aromatic carbocycles. The number of phenolic OH excluding ortho intramolecular Hbond substituents is 6. The van der Waals surface area contributed by atoms with Crippen molar-refractivity contribution >= 4 is 95.9 Å². The third-order valence-electron chi connectivity index (χ3n) is 3.92. The van der Waals surface area contributed by atoms with E-state index < -0.39 is 5.92 Å². The topological polar surface area (TPSA) is 121 Å². The molecule has 0 aliphatic heterocycles. The number of rotatable bonds is 3. The summed E-state index contributed by atoms with van der Waals surface area (Å²) >= 11 is 7.00. The van der Waals surface area contributed by atoms with Crippen LogP contribution in [0.15, 0.2) is 6.58 Å². The quantitative estimate of drug-likeness (QED) is 0.239. The van der Waals surface area contributed by atoms with Gasteiger partial charge in [-0.3, -0.25) is 0 Å². The highest BCUT2D eigenvalue weighted by molar-refractivity contribution is 14.1. The van der Waals surface area contributed by atoms with Crippen LogP contribution in [-0.2, 0) is 0 Å². The number of benzene rings is 2. The summed E-state index contributed by atoms with van der Waals surface area (Å²) in [6.45, 7) is 5.53. The van der Waals surface area contributed by atoms with E-state index in [0.717, 1.165) is 0 Å². The summed E-state index contributed by atoms with van der Waals surface area (Å²) in [5.74, 6) is -2.51. The lowest BCUT2D eigenvalue weighted by Crippen LogP contribution is -2.03. The van der Waals surface area contributed by atoms with E-state index >= 15 is 0 Å². The normalized spacial score (nSPS) is 12.2. The van der Waals surface area contributed by atoms with Crippen molar-refractivity contribution in [3.8, 4) is 34.5 Å². The molecule has 0 spiro atoms. The lowest BCUT2D eigenvalue weighted by molar-refractivity contribution is 0.405. The largest absolute Gasteiger partial charge is 0.506 e. The zero-order chi connectivity index (χ0) is 20.1. The van der Waals surface area contributed by atoms with Crippen LogP contribution in [0.25, 0.3) is 5.57 Å². The van der Waals surface area contributed by atoms with Gasteiger partial charge in [-0.1, -0.05) is 13.5 Å². The van der Waals surface area contributed by atoms with Crippen LogP contribution in [0.3, 0.4) is 0 Å². The summed E-state index contributed by atoms with van der Waals surface area (Å²) in [5.41, 5.74) is 0.346. The van der Waals surface area contributed by atoms with Crippen LogP contribution >= 0.6 is 90.4 Å². The minimum Gasteiger partial charge on any atom is -0.506 e. The fraction of sp³-hybridized carbons (Fsp3) is 0.125. The average Bonchev–Trinajstić information content (AvgIpc) is 2.61. The van der Waals surface area contributed by atoms with Crippen LogP contribution in [0.5, 0.6) is 34.5 Å². The molecule has 0 aliphatic rings. The van der Waals surface area contributed by atoms with Gasteiger partial charge in [0.2, 0.25) is 0 Å². The molecule has 0 amide bonds. The molecule has 0 aliphatic carbocycles. The highest BCUT2D eigenvalue weighted by Gasteiger charge is 2.30. The third-order valence-corrected chi connectivity index (χ3v) is 8.01. The second-order valence-electron chi connectivity index (χ2n) is 5.38. The van der Waals surface area contributed by atoms with Gasteiger partial charge in [0.25, 0.3) is 0 Å². The summed E-state index contributed by atoms with van der Waals surface area (Å²) < 4.78 is 0.637. The van der Waals surface area contributed by atoms with Crippen molar-refractivity contribution in [3.05, 3.63) is 32.0 Å². The Balaban J connectivity index is 2.72. The van der Waals surface area contributed by atoms with Gasteiger partial charge in [0.15, 0.2) is 0 Å². The lowest BCUT2D eigenvalue weighted by Gasteiger charge is -2.22. The van der Waals surface area contributed by atoms with Crippen LogP contribution in [0.4, 0.5) is 0 Å². The smallest absolute Gasteiger partial charge is 0.149 e. The number of allylic oxidation sites excluding steroid dienone is 1. The van der Waals surface area contributed by atoms with Gasteiger partial charge in [0.1, 0.15) is 34.5 Å². The number of hydrogen-bond donors (Lipinski definition) is 6. The first-order valence-corrected chi connectivity index (χ1v) is 11.2. The molecule has 140 valence electrons. The van der Waals surface area contributed by atoms with Crippen LogP contribution in [0.2, 0.25) is 0 Å². The van der Waals surface area contributed by atoms with E-state index in [1.165, 1.54) is 0 Å². The zero-order valence-electron chi connectivity index (χ0n) is 13.0. The van der Waals surface area contributed by atoms with E-state index in [1.54, 1.807) is 97.3 Å². The van der Waals surface area contributed by atoms with Crippen molar-refractivity contribution < 1.29 is 30.6 Å². The maximum Gasteiger partial charge on any atom is 0.149 e. The molecule has 0 bridgehead atoms. The Morgan fingerprint density at radius 3 is 1.31 bits per heavy atom. The van der Waals surface area contributed by atoms with Gasteiger partial charge in [-0.05, 0) is 95.9 Å². The molecule has 6 nitrogen and oxygen atoms in total. The minimum absolute atomic E-state index is 0.0148. The first kappa shape index (κ1) is 22.2. The number of aromatic hydroxyl groups is 6. The molecule has 0 radical (unpaired) electrons. The molecule has 6 N–H and O–H groups in total. The first-order chi connectivity index (χ1) is 11.9. The minimum atomic E-state index is -0.717. The Hall–Kier alpha value is -0.100. The molecule has 0 saturated carbocycles. The van der Waals surface area contributed by atoms with Gasteiger partial charge >= 0.3 is 0 Å². The second kappa shape index (κ2) is 8.10. The van der Waals surface area contributed by atoms with Gasteiger partial charge in [0.05, 0.1) is 19.8 Å². The van der Waals surface area contributed by atoms with Crippen molar-refractivity contribution in [2.75, 3.05) is 0 Å². The predicted octanol–water partition coefficient (Wildman–Crippen LogP) is 5.16. The van der Waals surface area contributed by atoms with E-state index in [-0.39, 0.29) is 65.5 Å². The van der Waals surface area contributed by atoms with Crippen LogP contribution < -0.4 is 0 Å². The Kier molecular flexibility index (Phi) is 6.91. The average molecular weight is 808 g/mol. The Morgan fingerprint density at radius 2 is 0.962 bits per heavy atom. The summed E-state index contributed by atoms with van der Waals surface area (Å²) in [7, 11) is 0. The van der Waals surface area contributed by atoms with E-state index in [0.29, 0.717) is 0 Å². The monoisotopic (exact) mass is 808 g/mol. The second-order valence-corrected chi connectivity index (χ2v) is 9.70. The zero-order valence-corrected chi connectivity index (χ0v) is 21.6. The van der Waals surface area contributed by atoms with Gasteiger partial charge in [-0.2, -0.15) is 0 Å². The van der Waals surface area contributed by atoms with E-state index in [2.05, 4.69) is 6.58 Å². The molecule has 0 aromatic heterocycles. The molecule has 1 atom stereocenters. The summed E-state index contributed by atoms with van der Waals surface area (Å²) in [4.78, 5) is 0. The van der Waals surface area contributed by atoms with Crippen LogP contribution in [-0.4, -0.2) is 30.6 Å². The highest BCUT2D eigenvalue weighted by atomic mass is 127. The third kappa shape index (κ3) is 3.49. The van der Waals surface area contributed by atoms with Crippen molar-refractivity contribution in [2.24, 2.45) is 0 Å². The molecule has 26 heavy (non-hydrogen) atoms. The first-order valence-electron chi connectivity index (χ1n) is 6.86. The Bertz CT molecular complexity index is 883. The fourth-order valence-electron chi connectivity index (χ4n) is 2.43. The number of halogens is 4. The number of hydrogen-bond acceptors (Lipinski definition) is 6. The van der Waals surface area contributed by atoms with Crippen LogP contribution in [0.1, 0.15) is 24.0 Å². The Labute approximate surface area is 203 Å². The molecule has 0 fully saturated rings. The van der Waals surface area contributed by atoms with E-state index in [1.807, 2.05) is 0 Å². The van der Waals surface area contributed by atoms with Crippen molar-refractivity contribution in [2.45, 2.75) is 12.8 Å². The predicted molar refractivity (Wildman–Crippen MR) is 131 cm³/mol. The molecule has 2 aromatic rings. The van der Waals surface area contributed by atoms with E-state index in [9.17, 15) is 30.6 Å². The van der Waals surface area contributed by atoms with Gasteiger partial charge in [0, 0.05) is 11.5 Å². The SMILES string of the molecule is C=C(c1c(O)c(I)c(O)c(I)c1O)C(C)c1c(O)c(I)c(O)c(I)c1O. The van der Waals surface area contributed by atoms with Crippen molar-refractivity contribution in [3.63, 3.8) is 0 Å². The van der Waals surface area contributed by atoms with Crippen LogP contribution in [0, 0.1) is 14.3 Å². The highest BCUT2D eigenvalue weighted by Crippen LogP contribution is 2.52. The maximum atomic E-state index is 10.4. The molecule has 10 heteroatoms. The molecule has 0 heterocycles. The molecule has 1 unspecified atom stereocenters. The summed E-state index contributed by atoms with van der Waals surface area (Å²) in [6.07, 6.45) is 0. The van der Waals surface area contributed by atoms with E-state index in [4.69, 9.17) is 0 Å². The van der Waals surface area contributed by atoms with Crippen molar-refractivity contribution in [1.82, 2.24) is 0 Å². The fourth-order valence-corrected chi connectivity index (χ4v) is 5.66. The van der Waals surface area contributed by atoms with Gasteiger partial charge in [-0.15, -0.1) is 0 Å². The number of phenols is 6. The standard InChI is InChI=1S/C16H12I4O6/c1-3(5-11(21)7(17)15(25)8(18)12(5)22)4(2)6-13(23)9(19)16(26)10(20)14(6)24/h4,21-26H,1H2,2H3. The van der Waals surface area contributed by atoms with Gasteiger partial charge in [-0.25, -0.2) is 0 Å². The molecular formula is C16H12I4O6. The Morgan fingerprint density at radius 1 is 0.654 bits per heavy atom. The molecule has 2 rings (SSSR count). The molecular weight excluding hydrogens is 796 g/mol. The lowest BCUT2D eigenvalue weighted by atomic mass is 9.87. The maximum absolute atomic E-state index is 10.4. The van der Waals surface area contributed by atoms with Gasteiger partial charge < -0.3 is 30.6 Å². The van der Waals surface area contributed by atoms with Crippen molar-refractivity contribution in [1.29, 1.82) is 0 Å². The summed E-state index contributed by atoms with van der Waals surface area (Å²) in [6, 6.07) is 0.